The minimum absolute atomic E-state index is 0.0680. The number of benzene rings is 1. The number of carbonyl (C=O) groups excluding carboxylic acids is 1. The van der Waals surface area contributed by atoms with E-state index in [1.54, 1.807) is 0 Å². The molecule has 1 aliphatic rings. The van der Waals surface area contributed by atoms with Crippen LogP contribution in [0.25, 0.3) is 0 Å². The summed E-state index contributed by atoms with van der Waals surface area (Å²) in [5, 5.41) is 12.2. The Balaban J connectivity index is 1.61. The quantitative estimate of drug-likeness (QED) is 0.736. The molecule has 0 spiro atoms. The van der Waals surface area contributed by atoms with Crippen LogP contribution in [0.5, 0.6) is 0 Å². The van der Waals surface area contributed by atoms with Crippen LogP contribution in [0.4, 0.5) is 0 Å². The second-order valence-corrected chi connectivity index (χ2v) is 5.39. The minimum Gasteiger partial charge on any atom is -0.395 e. The number of amides is 1. The lowest BCUT2D eigenvalue weighted by molar-refractivity contribution is -0.122. The van der Waals surface area contributed by atoms with E-state index in [9.17, 15) is 9.90 Å². The number of hydrogen-bond acceptors (Lipinski definition) is 3. The molecule has 1 fully saturated rings. The van der Waals surface area contributed by atoms with Gasteiger partial charge >= 0.3 is 0 Å². The molecular weight excluding hydrogens is 252 g/mol. The summed E-state index contributed by atoms with van der Waals surface area (Å²) in [6.07, 6.45) is 4.02. The molecule has 1 saturated heterocycles. The molecule has 1 amide bonds. The topological polar surface area (TPSA) is 52.6 Å². The second-order valence-electron chi connectivity index (χ2n) is 5.39. The van der Waals surface area contributed by atoms with Crippen LogP contribution in [0.1, 0.15) is 24.8 Å². The fourth-order valence-electron chi connectivity index (χ4n) is 2.72. The van der Waals surface area contributed by atoms with E-state index in [0.29, 0.717) is 13.1 Å². The van der Waals surface area contributed by atoms with Crippen molar-refractivity contribution in [1.82, 2.24) is 10.2 Å². The van der Waals surface area contributed by atoms with Gasteiger partial charge in [-0.05, 0) is 37.8 Å². The van der Waals surface area contributed by atoms with Gasteiger partial charge in [0.2, 0.25) is 5.91 Å². The lowest BCUT2D eigenvalue weighted by Crippen LogP contribution is -2.41. The highest BCUT2D eigenvalue weighted by Crippen LogP contribution is 2.15. The van der Waals surface area contributed by atoms with Crippen LogP contribution >= 0.6 is 0 Å². The Hall–Kier alpha value is -1.39. The highest BCUT2D eigenvalue weighted by atomic mass is 16.3. The van der Waals surface area contributed by atoms with Gasteiger partial charge in [-0.2, -0.15) is 0 Å². The Bertz CT molecular complexity index is 408. The van der Waals surface area contributed by atoms with Crippen LogP contribution in [0, 0.1) is 0 Å². The Morgan fingerprint density at radius 3 is 2.90 bits per heavy atom. The summed E-state index contributed by atoms with van der Waals surface area (Å²) in [4.78, 5) is 13.9. The molecule has 1 aromatic rings. The van der Waals surface area contributed by atoms with Crippen LogP contribution < -0.4 is 5.32 Å². The summed E-state index contributed by atoms with van der Waals surface area (Å²) in [7, 11) is 0. The van der Waals surface area contributed by atoms with Gasteiger partial charge in [-0.15, -0.1) is 0 Å². The Kier molecular flexibility index (Phi) is 6.02. The molecule has 0 radical (unpaired) electrons. The number of hydrogen-bond donors (Lipinski definition) is 2. The molecule has 1 atom stereocenters. The van der Waals surface area contributed by atoms with Crippen molar-refractivity contribution >= 4 is 5.91 Å². The minimum atomic E-state index is 0.0680. The van der Waals surface area contributed by atoms with Crippen LogP contribution in [0.2, 0.25) is 0 Å². The fourth-order valence-corrected chi connectivity index (χ4v) is 2.72. The molecule has 20 heavy (non-hydrogen) atoms. The lowest BCUT2D eigenvalue weighted by Gasteiger charge is -2.21. The summed E-state index contributed by atoms with van der Waals surface area (Å²) in [5.74, 6) is 0.0680. The number of rotatable bonds is 7. The number of likely N-dealkylation sites (tertiary alicyclic amines) is 1. The second kappa shape index (κ2) is 8.02. The summed E-state index contributed by atoms with van der Waals surface area (Å²) in [6, 6.07) is 10.5. The van der Waals surface area contributed by atoms with Crippen molar-refractivity contribution in [2.75, 3.05) is 26.2 Å². The third-order valence-corrected chi connectivity index (χ3v) is 3.86. The van der Waals surface area contributed by atoms with Gasteiger partial charge in [0.15, 0.2) is 0 Å². The molecule has 2 rings (SSSR count). The van der Waals surface area contributed by atoms with Crippen LogP contribution in [0.15, 0.2) is 30.3 Å². The number of carbonyl (C=O) groups is 1. The molecular formula is C16H24N2O2. The predicted octanol–water partition coefficient (Wildman–Crippen LogP) is 1.19. The first-order valence-electron chi connectivity index (χ1n) is 7.45. The standard InChI is InChI=1S/C16H24N2O2/c19-13-15-9-5-11-18(15)12-16(20)17-10-4-8-14-6-2-1-3-7-14/h1-3,6-7,15,19H,4-5,8-13H2,(H,17,20). The zero-order valence-electron chi connectivity index (χ0n) is 11.9. The molecule has 0 aromatic heterocycles. The number of nitrogens with zero attached hydrogens (tertiary/aromatic N) is 1. The monoisotopic (exact) mass is 276 g/mol. The Labute approximate surface area is 120 Å². The van der Waals surface area contributed by atoms with Crippen molar-refractivity contribution in [3.05, 3.63) is 35.9 Å². The first-order valence-corrected chi connectivity index (χ1v) is 7.45. The van der Waals surface area contributed by atoms with E-state index < -0.39 is 0 Å². The Morgan fingerprint density at radius 2 is 2.15 bits per heavy atom. The molecule has 0 aliphatic carbocycles. The van der Waals surface area contributed by atoms with Crippen molar-refractivity contribution in [2.45, 2.75) is 31.7 Å². The highest BCUT2D eigenvalue weighted by molar-refractivity contribution is 5.78. The van der Waals surface area contributed by atoms with Gasteiger partial charge in [0.1, 0.15) is 0 Å². The molecule has 4 nitrogen and oxygen atoms in total. The SMILES string of the molecule is O=C(CN1CCCC1CO)NCCCc1ccccc1. The average Bonchev–Trinajstić information content (AvgIpc) is 2.92. The van der Waals surface area contributed by atoms with E-state index >= 15 is 0 Å². The molecule has 2 N–H and O–H groups in total. The van der Waals surface area contributed by atoms with Crippen LogP contribution in [-0.2, 0) is 11.2 Å². The number of aliphatic hydroxyl groups is 1. The normalized spacial score (nSPS) is 19.1. The van der Waals surface area contributed by atoms with Crippen molar-refractivity contribution in [3.63, 3.8) is 0 Å². The molecule has 0 saturated carbocycles. The molecule has 1 unspecified atom stereocenters. The van der Waals surface area contributed by atoms with Gasteiger partial charge in [0.25, 0.3) is 0 Å². The van der Waals surface area contributed by atoms with E-state index in [2.05, 4.69) is 22.3 Å². The van der Waals surface area contributed by atoms with Gasteiger partial charge in [-0.3, -0.25) is 9.69 Å². The van der Waals surface area contributed by atoms with Gasteiger partial charge in [-0.1, -0.05) is 30.3 Å². The number of nitrogens with one attached hydrogen (secondary N) is 1. The van der Waals surface area contributed by atoms with Gasteiger partial charge in [-0.25, -0.2) is 0 Å². The molecule has 110 valence electrons. The zero-order valence-corrected chi connectivity index (χ0v) is 11.9. The fraction of sp³-hybridized carbons (Fsp3) is 0.562. The Morgan fingerprint density at radius 1 is 1.35 bits per heavy atom. The van der Waals surface area contributed by atoms with Gasteiger partial charge in [0, 0.05) is 12.6 Å². The number of aryl methyl sites for hydroxylation is 1. The number of aliphatic hydroxyl groups excluding tert-OH is 1. The van der Waals surface area contributed by atoms with E-state index in [1.165, 1.54) is 5.56 Å². The highest BCUT2D eigenvalue weighted by Gasteiger charge is 2.25. The maximum absolute atomic E-state index is 11.8. The van der Waals surface area contributed by atoms with E-state index in [1.807, 2.05) is 18.2 Å². The third kappa shape index (κ3) is 4.62. The molecule has 1 aromatic carbocycles. The van der Waals surface area contributed by atoms with Gasteiger partial charge < -0.3 is 10.4 Å². The lowest BCUT2D eigenvalue weighted by atomic mass is 10.1. The first-order chi connectivity index (χ1) is 9.79. The first kappa shape index (κ1) is 15.0. The summed E-state index contributed by atoms with van der Waals surface area (Å²) < 4.78 is 0. The summed E-state index contributed by atoms with van der Waals surface area (Å²) >= 11 is 0. The third-order valence-electron chi connectivity index (χ3n) is 3.86. The van der Waals surface area contributed by atoms with E-state index in [4.69, 9.17) is 0 Å². The van der Waals surface area contributed by atoms with E-state index in [-0.39, 0.29) is 18.6 Å². The summed E-state index contributed by atoms with van der Waals surface area (Å²) in [6.45, 7) is 2.20. The smallest absolute Gasteiger partial charge is 0.234 e. The average molecular weight is 276 g/mol. The van der Waals surface area contributed by atoms with Gasteiger partial charge in [0.05, 0.1) is 13.2 Å². The molecule has 1 aliphatic heterocycles. The zero-order chi connectivity index (χ0) is 14.2. The molecule has 1 heterocycles. The van der Waals surface area contributed by atoms with Crippen LogP contribution in [-0.4, -0.2) is 48.2 Å². The summed E-state index contributed by atoms with van der Waals surface area (Å²) in [5.41, 5.74) is 1.31. The predicted molar refractivity (Wildman–Crippen MR) is 79.5 cm³/mol. The van der Waals surface area contributed by atoms with Crippen molar-refractivity contribution < 1.29 is 9.90 Å². The maximum Gasteiger partial charge on any atom is 0.234 e. The largest absolute Gasteiger partial charge is 0.395 e. The van der Waals surface area contributed by atoms with Crippen LogP contribution in [0.3, 0.4) is 0 Å². The van der Waals surface area contributed by atoms with Crippen molar-refractivity contribution in [1.29, 1.82) is 0 Å². The van der Waals surface area contributed by atoms with Crippen molar-refractivity contribution in [3.8, 4) is 0 Å². The molecule has 4 heteroatoms. The maximum atomic E-state index is 11.8. The van der Waals surface area contributed by atoms with Crippen molar-refractivity contribution in [2.24, 2.45) is 0 Å². The van der Waals surface area contributed by atoms with E-state index in [0.717, 1.165) is 32.2 Å². The molecule has 0 bridgehead atoms.